The fourth-order valence-electron chi connectivity index (χ4n) is 2.72. The Morgan fingerprint density at radius 1 is 1.41 bits per heavy atom. The van der Waals surface area contributed by atoms with Gasteiger partial charge in [0.1, 0.15) is 5.75 Å². The van der Waals surface area contributed by atoms with Gasteiger partial charge in [0, 0.05) is 13.1 Å². The maximum absolute atomic E-state index is 12.3. The number of hydrogen-bond donors (Lipinski definition) is 1. The third-order valence-corrected chi connectivity index (χ3v) is 4.37. The highest BCUT2D eigenvalue weighted by molar-refractivity contribution is 9.10. The standard InChI is InChI=1S/C15H20BrF3N2O/c1-22-14-3-2-11(6-13(14)16)7-20-8-12-4-5-21(9-12)10-15(17,18)19/h2-3,6,12,20H,4-5,7-10H2,1H3. The quantitative estimate of drug-likeness (QED) is 0.817. The molecule has 1 aliphatic rings. The Kier molecular flexibility index (Phi) is 6.11. The lowest BCUT2D eigenvalue weighted by atomic mass is 10.1. The van der Waals surface area contributed by atoms with Crippen molar-refractivity contribution in [2.24, 2.45) is 5.92 Å². The summed E-state index contributed by atoms with van der Waals surface area (Å²) in [4.78, 5) is 1.48. The van der Waals surface area contributed by atoms with Crippen molar-refractivity contribution < 1.29 is 17.9 Å². The highest BCUT2D eigenvalue weighted by atomic mass is 79.9. The van der Waals surface area contributed by atoms with Crippen LogP contribution in [0.4, 0.5) is 13.2 Å². The molecule has 0 aromatic heterocycles. The molecule has 1 fully saturated rings. The molecule has 1 N–H and O–H groups in total. The molecule has 1 atom stereocenters. The second-order valence-corrected chi connectivity index (χ2v) is 6.46. The van der Waals surface area contributed by atoms with Crippen LogP contribution in [0.25, 0.3) is 0 Å². The first-order chi connectivity index (χ1) is 10.4. The van der Waals surface area contributed by atoms with Crippen molar-refractivity contribution >= 4 is 15.9 Å². The average molecular weight is 381 g/mol. The Labute approximate surface area is 136 Å². The van der Waals surface area contributed by atoms with Crippen LogP contribution in [0.15, 0.2) is 22.7 Å². The second-order valence-electron chi connectivity index (χ2n) is 5.60. The van der Waals surface area contributed by atoms with Crippen molar-refractivity contribution in [3.8, 4) is 5.75 Å². The minimum Gasteiger partial charge on any atom is -0.496 e. The zero-order valence-corrected chi connectivity index (χ0v) is 14.0. The smallest absolute Gasteiger partial charge is 0.401 e. The molecule has 7 heteroatoms. The Morgan fingerprint density at radius 2 is 2.18 bits per heavy atom. The highest BCUT2D eigenvalue weighted by Gasteiger charge is 2.34. The van der Waals surface area contributed by atoms with E-state index in [4.69, 9.17) is 4.74 Å². The zero-order valence-electron chi connectivity index (χ0n) is 12.4. The minimum atomic E-state index is -4.10. The fourth-order valence-corrected chi connectivity index (χ4v) is 3.31. The van der Waals surface area contributed by atoms with Crippen LogP contribution in [-0.2, 0) is 6.54 Å². The molecule has 1 heterocycles. The van der Waals surface area contributed by atoms with E-state index in [1.807, 2.05) is 18.2 Å². The van der Waals surface area contributed by atoms with Gasteiger partial charge in [-0.2, -0.15) is 13.2 Å². The lowest BCUT2D eigenvalue weighted by Gasteiger charge is -2.18. The van der Waals surface area contributed by atoms with Crippen LogP contribution in [0.1, 0.15) is 12.0 Å². The first-order valence-electron chi connectivity index (χ1n) is 7.19. The third-order valence-electron chi connectivity index (χ3n) is 3.75. The Balaban J connectivity index is 1.72. The topological polar surface area (TPSA) is 24.5 Å². The van der Waals surface area contributed by atoms with Crippen LogP contribution in [0.5, 0.6) is 5.75 Å². The van der Waals surface area contributed by atoms with Crippen LogP contribution >= 0.6 is 15.9 Å². The molecule has 2 rings (SSSR count). The number of benzene rings is 1. The molecule has 1 aromatic rings. The van der Waals surface area contributed by atoms with Crippen molar-refractivity contribution in [3.63, 3.8) is 0 Å². The van der Waals surface area contributed by atoms with E-state index in [0.717, 1.165) is 28.8 Å². The summed E-state index contributed by atoms with van der Waals surface area (Å²) < 4.78 is 43.1. The van der Waals surface area contributed by atoms with Crippen LogP contribution in [0.3, 0.4) is 0 Å². The zero-order chi connectivity index (χ0) is 16.2. The summed E-state index contributed by atoms with van der Waals surface area (Å²) in [5.41, 5.74) is 1.11. The number of nitrogens with one attached hydrogen (secondary N) is 1. The van der Waals surface area contributed by atoms with Gasteiger partial charge in [-0.05, 0) is 59.1 Å². The monoisotopic (exact) mass is 380 g/mol. The van der Waals surface area contributed by atoms with E-state index in [1.54, 1.807) is 7.11 Å². The molecule has 124 valence electrons. The molecule has 0 amide bonds. The number of alkyl halides is 3. The molecule has 0 bridgehead atoms. The van der Waals surface area contributed by atoms with E-state index in [0.29, 0.717) is 19.6 Å². The third kappa shape index (κ3) is 5.44. The maximum atomic E-state index is 12.3. The van der Waals surface area contributed by atoms with E-state index in [2.05, 4.69) is 21.2 Å². The minimum absolute atomic E-state index is 0.282. The largest absolute Gasteiger partial charge is 0.496 e. The first kappa shape index (κ1) is 17.6. The van der Waals surface area contributed by atoms with Gasteiger partial charge in [-0.1, -0.05) is 6.07 Å². The van der Waals surface area contributed by atoms with Crippen molar-refractivity contribution in [3.05, 3.63) is 28.2 Å². The molecule has 0 saturated carbocycles. The van der Waals surface area contributed by atoms with E-state index in [1.165, 1.54) is 4.90 Å². The molecule has 22 heavy (non-hydrogen) atoms. The van der Waals surface area contributed by atoms with Crippen LogP contribution in [0.2, 0.25) is 0 Å². The van der Waals surface area contributed by atoms with Gasteiger partial charge in [0.2, 0.25) is 0 Å². The Morgan fingerprint density at radius 3 is 2.82 bits per heavy atom. The van der Waals surface area contributed by atoms with Crippen molar-refractivity contribution in [2.45, 2.75) is 19.1 Å². The van der Waals surface area contributed by atoms with Gasteiger partial charge in [0.25, 0.3) is 0 Å². The molecular weight excluding hydrogens is 361 g/mol. The maximum Gasteiger partial charge on any atom is 0.401 e. The van der Waals surface area contributed by atoms with Gasteiger partial charge >= 0.3 is 6.18 Å². The number of ether oxygens (including phenoxy) is 1. The van der Waals surface area contributed by atoms with Gasteiger partial charge in [0.05, 0.1) is 18.1 Å². The predicted octanol–water partition coefficient (Wildman–Crippen LogP) is 3.43. The number of halogens is 4. The van der Waals surface area contributed by atoms with E-state index in [9.17, 15) is 13.2 Å². The summed E-state index contributed by atoms with van der Waals surface area (Å²) >= 11 is 3.44. The number of likely N-dealkylation sites (tertiary alicyclic amines) is 1. The lowest BCUT2D eigenvalue weighted by Crippen LogP contribution is -2.33. The van der Waals surface area contributed by atoms with E-state index < -0.39 is 12.7 Å². The average Bonchev–Trinajstić information content (AvgIpc) is 2.84. The lowest BCUT2D eigenvalue weighted by molar-refractivity contribution is -0.143. The second kappa shape index (κ2) is 7.66. The number of methoxy groups -OCH3 is 1. The molecule has 1 unspecified atom stereocenters. The Hall–Kier alpha value is -0.790. The number of hydrogen-bond acceptors (Lipinski definition) is 3. The molecule has 1 aliphatic heterocycles. The van der Waals surface area contributed by atoms with Crippen LogP contribution in [-0.4, -0.2) is 44.4 Å². The molecular formula is C15H20BrF3N2O. The summed E-state index contributed by atoms with van der Waals surface area (Å²) in [5, 5.41) is 3.32. The summed E-state index contributed by atoms with van der Waals surface area (Å²) in [5.74, 6) is 1.06. The number of nitrogens with zero attached hydrogens (tertiary/aromatic N) is 1. The molecule has 0 aliphatic carbocycles. The molecule has 3 nitrogen and oxygen atoms in total. The predicted molar refractivity (Wildman–Crippen MR) is 83.0 cm³/mol. The molecule has 0 radical (unpaired) electrons. The molecule has 0 spiro atoms. The van der Waals surface area contributed by atoms with Crippen molar-refractivity contribution in [1.29, 1.82) is 0 Å². The van der Waals surface area contributed by atoms with E-state index >= 15 is 0 Å². The summed E-state index contributed by atoms with van der Waals surface area (Å²) in [6.45, 7) is 1.67. The van der Waals surface area contributed by atoms with Gasteiger partial charge in [-0.3, -0.25) is 4.90 Å². The van der Waals surface area contributed by atoms with Gasteiger partial charge in [-0.15, -0.1) is 0 Å². The summed E-state index contributed by atoms with van der Waals surface area (Å²) in [7, 11) is 1.62. The molecule has 1 saturated heterocycles. The number of rotatable bonds is 6. The fraction of sp³-hybridized carbons (Fsp3) is 0.600. The summed E-state index contributed by atoms with van der Waals surface area (Å²) in [6, 6.07) is 5.85. The van der Waals surface area contributed by atoms with Crippen molar-refractivity contribution in [1.82, 2.24) is 10.2 Å². The summed E-state index contributed by atoms with van der Waals surface area (Å²) in [6.07, 6.45) is -3.28. The molecule has 1 aromatic carbocycles. The van der Waals surface area contributed by atoms with Gasteiger partial charge in [-0.25, -0.2) is 0 Å². The van der Waals surface area contributed by atoms with Gasteiger partial charge < -0.3 is 10.1 Å². The SMILES string of the molecule is COc1ccc(CNCC2CCN(CC(F)(F)F)C2)cc1Br. The highest BCUT2D eigenvalue weighted by Crippen LogP contribution is 2.26. The van der Waals surface area contributed by atoms with E-state index in [-0.39, 0.29) is 5.92 Å². The first-order valence-corrected chi connectivity index (χ1v) is 7.99. The normalized spacial score (nSPS) is 19.6. The van der Waals surface area contributed by atoms with Crippen LogP contribution in [0, 0.1) is 5.92 Å². The Bertz CT molecular complexity index is 496. The van der Waals surface area contributed by atoms with Crippen LogP contribution < -0.4 is 10.1 Å². The van der Waals surface area contributed by atoms with Crippen molar-refractivity contribution in [2.75, 3.05) is 33.3 Å². The van der Waals surface area contributed by atoms with Gasteiger partial charge in [0.15, 0.2) is 0 Å².